The van der Waals surface area contributed by atoms with Crippen LogP contribution in [-0.4, -0.2) is 22.3 Å². The zero-order valence-electron chi connectivity index (χ0n) is 12.4. The Hall–Kier alpha value is -1.57. The summed E-state index contributed by atoms with van der Waals surface area (Å²) in [5.41, 5.74) is 8.88. The fourth-order valence-corrected chi connectivity index (χ4v) is 1.84. The number of nitrogens with one attached hydrogen (secondary N) is 1. The van der Waals surface area contributed by atoms with E-state index in [0.717, 1.165) is 29.9 Å². The molecule has 0 radical (unpaired) electrons. The predicted octanol–water partition coefficient (Wildman–Crippen LogP) is 2.61. The maximum Gasteiger partial charge on any atom is 0.188 e. The summed E-state index contributed by atoms with van der Waals surface area (Å²) in [7, 11) is 0. The minimum Gasteiger partial charge on any atom is -0.370 e. The Bertz CT molecular complexity index is 577. The highest BCUT2D eigenvalue weighted by molar-refractivity contribution is 14.0. The van der Waals surface area contributed by atoms with Crippen molar-refractivity contribution in [2.75, 3.05) is 6.54 Å². The highest BCUT2D eigenvalue weighted by Crippen LogP contribution is 2.12. The van der Waals surface area contributed by atoms with Crippen LogP contribution in [0.15, 0.2) is 41.5 Å². The summed E-state index contributed by atoms with van der Waals surface area (Å²) in [6, 6.07) is 10.0. The number of hydrogen-bond donors (Lipinski definition) is 2. The first-order valence-corrected chi connectivity index (χ1v) is 6.85. The second kappa shape index (κ2) is 8.66. The molecule has 1 aromatic carbocycles. The fraction of sp³-hybridized carbons (Fsp3) is 0.333. The van der Waals surface area contributed by atoms with Crippen molar-refractivity contribution < 1.29 is 0 Å². The van der Waals surface area contributed by atoms with Gasteiger partial charge in [0.15, 0.2) is 5.96 Å². The highest BCUT2D eigenvalue weighted by atomic mass is 127. The molecular weight excluding hydrogens is 377 g/mol. The number of aryl methyl sites for hydroxylation is 1. The molecule has 0 spiro atoms. The summed E-state index contributed by atoms with van der Waals surface area (Å²) in [5.74, 6) is 0.485. The average Bonchev–Trinajstić information content (AvgIpc) is 2.85. The van der Waals surface area contributed by atoms with Crippen molar-refractivity contribution >= 4 is 29.9 Å². The van der Waals surface area contributed by atoms with E-state index in [9.17, 15) is 0 Å². The quantitative estimate of drug-likeness (QED) is 0.462. The Morgan fingerprint density at radius 1 is 1.33 bits per heavy atom. The van der Waals surface area contributed by atoms with Gasteiger partial charge in [-0.25, -0.2) is 9.67 Å². The molecule has 2 rings (SSSR count). The third-order valence-electron chi connectivity index (χ3n) is 3.00. The van der Waals surface area contributed by atoms with Gasteiger partial charge in [-0.15, -0.1) is 24.0 Å². The Morgan fingerprint density at radius 2 is 2.05 bits per heavy atom. The number of guanidine groups is 1. The van der Waals surface area contributed by atoms with Gasteiger partial charge in [0.25, 0.3) is 0 Å². The monoisotopic (exact) mass is 399 g/mol. The average molecular weight is 399 g/mol. The zero-order chi connectivity index (χ0) is 14.4. The number of rotatable bonds is 5. The lowest BCUT2D eigenvalue weighted by Crippen LogP contribution is -2.32. The van der Waals surface area contributed by atoms with Crippen LogP contribution in [0.4, 0.5) is 0 Å². The minimum atomic E-state index is 0. The summed E-state index contributed by atoms with van der Waals surface area (Å²) in [6.45, 7) is 5.47. The molecule has 0 fully saturated rings. The van der Waals surface area contributed by atoms with Gasteiger partial charge in [0.1, 0.15) is 0 Å². The molecule has 0 bridgehead atoms. The first-order valence-electron chi connectivity index (χ1n) is 6.85. The standard InChI is InChI=1S/C15H21N5.HI/c1-3-9-17-15(16)18-10-13-11-20(19-12(13)2)14-7-5-4-6-8-14;/h4-8,11H,3,9-10H2,1-2H3,(H3,16,17,18);1H. The summed E-state index contributed by atoms with van der Waals surface area (Å²) >= 11 is 0. The van der Waals surface area contributed by atoms with Gasteiger partial charge in [-0.1, -0.05) is 25.1 Å². The SMILES string of the molecule is CCCNC(N)=NCc1cn(-c2ccccc2)nc1C.I. The van der Waals surface area contributed by atoms with Crippen molar-refractivity contribution in [2.24, 2.45) is 10.7 Å². The lowest BCUT2D eigenvalue weighted by atomic mass is 10.3. The predicted molar refractivity (Wildman–Crippen MR) is 97.3 cm³/mol. The van der Waals surface area contributed by atoms with E-state index in [1.165, 1.54) is 0 Å². The van der Waals surface area contributed by atoms with Crippen molar-refractivity contribution in [3.05, 3.63) is 47.8 Å². The van der Waals surface area contributed by atoms with Crippen LogP contribution in [0.1, 0.15) is 24.6 Å². The molecule has 114 valence electrons. The van der Waals surface area contributed by atoms with Crippen LogP contribution in [0.3, 0.4) is 0 Å². The van der Waals surface area contributed by atoms with Crippen LogP contribution in [0, 0.1) is 6.92 Å². The van der Waals surface area contributed by atoms with Crippen molar-refractivity contribution in [2.45, 2.75) is 26.8 Å². The number of benzene rings is 1. The van der Waals surface area contributed by atoms with E-state index >= 15 is 0 Å². The van der Waals surface area contributed by atoms with Gasteiger partial charge in [-0.2, -0.15) is 5.10 Å². The number of para-hydroxylation sites is 1. The molecular formula is C15H22IN5. The summed E-state index contributed by atoms with van der Waals surface area (Å²) < 4.78 is 1.87. The van der Waals surface area contributed by atoms with Gasteiger partial charge in [-0.05, 0) is 25.5 Å². The molecule has 21 heavy (non-hydrogen) atoms. The summed E-state index contributed by atoms with van der Waals surface area (Å²) in [5, 5.41) is 7.57. The summed E-state index contributed by atoms with van der Waals surface area (Å²) in [6.07, 6.45) is 3.03. The van der Waals surface area contributed by atoms with E-state index in [1.807, 2.05) is 48.1 Å². The van der Waals surface area contributed by atoms with Crippen LogP contribution in [0.25, 0.3) is 5.69 Å². The Kier molecular flexibility index (Phi) is 7.21. The van der Waals surface area contributed by atoms with E-state index in [2.05, 4.69) is 22.3 Å². The number of halogens is 1. The molecule has 0 atom stereocenters. The van der Waals surface area contributed by atoms with E-state index in [4.69, 9.17) is 5.73 Å². The lowest BCUT2D eigenvalue weighted by molar-refractivity contribution is 0.825. The number of nitrogens with zero attached hydrogens (tertiary/aromatic N) is 3. The van der Waals surface area contributed by atoms with Crippen molar-refractivity contribution in [1.29, 1.82) is 0 Å². The molecule has 0 aliphatic rings. The number of nitrogens with two attached hydrogens (primary N) is 1. The molecule has 5 nitrogen and oxygen atoms in total. The van der Waals surface area contributed by atoms with Crippen LogP contribution in [0.5, 0.6) is 0 Å². The summed E-state index contributed by atoms with van der Waals surface area (Å²) in [4.78, 5) is 4.33. The Morgan fingerprint density at radius 3 is 2.71 bits per heavy atom. The topological polar surface area (TPSA) is 68.2 Å². The van der Waals surface area contributed by atoms with E-state index in [0.29, 0.717) is 12.5 Å². The van der Waals surface area contributed by atoms with Crippen molar-refractivity contribution in [3.63, 3.8) is 0 Å². The van der Waals surface area contributed by atoms with E-state index < -0.39 is 0 Å². The van der Waals surface area contributed by atoms with Gasteiger partial charge >= 0.3 is 0 Å². The highest BCUT2D eigenvalue weighted by Gasteiger charge is 2.05. The van der Waals surface area contributed by atoms with Crippen LogP contribution < -0.4 is 11.1 Å². The van der Waals surface area contributed by atoms with Gasteiger partial charge in [0, 0.05) is 18.3 Å². The normalized spacial score (nSPS) is 11.0. The van der Waals surface area contributed by atoms with Gasteiger partial charge in [-0.3, -0.25) is 0 Å². The molecule has 1 aromatic heterocycles. The molecule has 3 N–H and O–H groups in total. The zero-order valence-corrected chi connectivity index (χ0v) is 14.7. The van der Waals surface area contributed by atoms with Gasteiger partial charge in [0.05, 0.1) is 17.9 Å². The maximum atomic E-state index is 5.79. The molecule has 1 heterocycles. The van der Waals surface area contributed by atoms with Gasteiger partial charge < -0.3 is 11.1 Å². The van der Waals surface area contributed by atoms with Crippen LogP contribution >= 0.6 is 24.0 Å². The second-order valence-electron chi connectivity index (χ2n) is 4.65. The number of aliphatic imine (C=N–C) groups is 1. The molecule has 0 saturated heterocycles. The fourth-order valence-electron chi connectivity index (χ4n) is 1.84. The van der Waals surface area contributed by atoms with E-state index in [1.54, 1.807) is 0 Å². The first-order chi connectivity index (χ1) is 9.70. The maximum absolute atomic E-state index is 5.79. The lowest BCUT2D eigenvalue weighted by Gasteiger charge is -2.02. The second-order valence-corrected chi connectivity index (χ2v) is 4.65. The third-order valence-corrected chi connectivity index (χ3v) is 3.00. The Balaban J connectivity index is 0.00000220. The number of hydrogen-bond acceptors (Lipinski definition) is 2. The largest absolute Gasteiger partial charge is 0.370 e. The van der Waals surface area contributed by atoms with Crippen molar-refractivity contribution in [3.8, 4) is 5.69 Å². The third kappa shape index (κ3) is 5.04. The molecule has 0 aliphatic carbocycles. The van der Waals surface area contributed by atoms with Crippen LogP contribution in [-0.2, 0) is 6.54 Å². The number of aromatic nitrogens is 2. The van der Waals surface area contributed by atoms with Crippen molar-refractivity contribution in [1.82, 2.24) is 15.1 Å². The van der Waals surface area contributed by atoms with E-state index in [-0.39, 0.29) is 24.0 Å². The first kappa shape index (κ1) is 17.5. The van der Waals surface area contributed by atoms with Gasteiger partial charge in [0.2, 0.25) is 0 Å². The molecule has 0 saturated carbocycles. The molecule has 6 heteroatoms. The molecule has 0 unspecified atom stereocenters. The Labute approximate surface area is 142 Å². The smallest absolute Gasteiger partial charge is 0.188 e. The van der Waals surface area contributed by atoms with Crippen LogP contribution in [0.2, 0.25) is 0 Å². The molecule has 0 aliphatic heterocycles. The molecule has 0 amide bonds. The molecule has 2 aromatic rings. The minimum absolute atomic E-state index is 0.